The topological polar surface area (TPSA) is 74.3 Å². The van der Waals surface area contributed by atoms with E-state index in [1.54, 1.807) is 0 Å². The minimum Gasteiger partial charge on any atom is -0.329 e. The van der Waals surface area contributed by atoms with Crippen LogP contribution in [0.1, 0.15) is 0 Å². The smallest absolute Gasteiger partial charge is 0.0721 e. The van der Waals surface area contributed by atoms with Gasteiger partial charge in [-0.3, -0.25) is 0 Å². The fourth-order valence-electron chi connectivity index (χ4n) is 0.362. The Hall–Kier alpha value is -0.480. The van der Waals surface area contributed by atoms with Crippen molar-refractivity contribution in [2.45, 2.75) is 0 Å². The molecule has 4 N–H and O–H groups in total. The molecule has 0 saturated heterocycles. The van der Waals surface area contributed by atoms with Gasteiger partial charge in [-0.1, -0.05) is 0 Å². The third-order valence-corrected chi connectivity index (χ3v) is 0.721. The van der Waals surface area contributed by atoms with Crippen LogP contribution in [0, 0.1) is 5.53 Å². The quantitative estimate of drug-likeness (QED) is 0.336. The Morgan fingerprint density at radius 3 is 2.75 bits per heavy atom. The molecule has 0 bridgehead atoms. The van der Waals surface area contributed by atoms with Crippen molar-refractivity contribution in [1.82, 2.24) is 5.32 Å². The van der Waals surface area contributed by atoms with Crippen LogP contribution < -0.4 is 11.1 Å². The van der Waals surface area contributed by atoms with E-state index in [1.807, 2.05) is 0 Å². The summed E-state index contributed by atoms with van der Waals surface area (Å²) in [5.41, 5.74) is 11.6. The van der Waals surface area contributed by atoms with Gasteiger partial charge in [0.05, 0.1) is 6.54 Å². The van der Waals surface area contributed by atoms with Gasteiger partial charge in [0.1, 0.15) is 0 Å². The van der Waals surface area contributed by atoms with Crippen LogP contribution in [-0.4, -0.2) is 26.2 Å². The molecule has 0 aromatic heterocycles. The van der Waals surface area contributed by atoms with Gasteiger partial charge in [0.15, 0.2) is 0 Å². The summed E-state index contributed by atoms with van der Waals surface area (Å²) in [6, 6.07) is 0. The summed E-state index contributed by atoms with van der Waals surface area (Å²) in [6.45, 7) is 2.79. The zero-order chi connectivity index (χ0) is 6.24. The van der Waals surface area contributed by atoms with Gasteiger partial charge in [-0.25, -0.2) is 5.53 Å². The summed E-state index contributed by atoms with van der Waals surface area (Å²) in [4.78, 5) is 0. The molecule has 0 fully saturated rings. The Morgan fingerprint density at radius 2 is 2.25 bits per heavy atom. The van der Waals surface area contributed by atoms with Crippen molar-refractivity contribution in [3.8, 4) is 0 Å². The number of nitrogens with one attached hydrogen (secondary N) is 2. The molecule has 0 atom stereocenters. The van der Waals surface area contributed by atoms with Crippen molar-refractivity contribution < 1.29 is 0 Å². The molecule has 4 nitrogen and oxygen atoms in total. The Labute approximate surface area is 49.0 Å². The van der Waals surface area contributed by atoms with E-state index in [0.717, 1.165) is 13.1 Å². The summed E-state index contributed by atoms with van der Waals surface area (Å²) in [5, 5.41) is 6.15. The molecular weight excluding hydrogens is 104 g/mol. The average Bonchev–Trinajstić information content (AvgIpc) is 1.81. The summed E-state index contributed by atoms with van der Waals surface area (Å²) >= 11 is 0. The van der Waals surface area contributed by atoms with E-state index in [-0.39, 0.29) is 0 Å². The Morgan fingerprint density at radius 1 is 1.50 bits per heavy atom. The highest BCUT2D eigenvalue weighted by atomic mass is 15.0. The van der Waals surface area contributed by atoms with Crippen LogP contribution in [0.5, 0.6) is 0 Å². The fourth-order valence-corrected chi connectivity index (χ4v) is 0.362. The van der Waals surface area contributed by atoms with Crippen molar-refractivity contribution >= 4 is 0 Å². The second kappa shape index (κ2) is 6.52. The van der Waals surface area contributed by atoms with Crippen LogP contribution in [0.2, 0.25) is 0 Å². The van der Waals surface area contributed by atoms with E-state index >= 15 is 0 Å². The molecule has 0 heterocycles. The van der Waals surface area contributed by atoms with Gasteiger partial charge in [-0.05, 0) is 0 Å². The molecule has 8 heavy (non-hydrogen) atoms. The van der Waals surface area contributed by atoms with Gasteiger partial charge in [0.2, 0.25) is 0 Å². The fraction of sp³-hybridized carbons (Fsp3) is 1.00. The van der Waals surface area contributed by atoms with Gasteiger partial charge < -0.3 is 11.1 Å². The molecule has 0 aromatic rings. The highest BCUT2D eigenvalue weighted by Gasteiger charge is 1.79. The predicted octanol–water partition coefficient (Wildman–Crippen LogP) is -0.434. The van der Waals surface area contributed by atoms with Crippen LogP contribution in [0.4, 0.5) is 0 Å². The van der Waals surface area contributed by atoms with Crippen molar-refractivity contribution in [3.63, 3.8) is 0 Å². The molecule has 0 unspecified atom stereocenters. The SMILES string of the molecule is N=NCCNCCN. The highest BCUT2D eigenvalue weighted by molar-refractivity contribution is 4.46. The molecule has 0 aliphatic heterocycles. The Kier molecular flexibility index (Phi) is 6.13. The van der Waals surface area contributed by atoms with Gasteiger partial charge in [-0.2, -0.15) is 5.11 Å². The van der Waals surface area contributed by atoms with Crippen LogP contribution in [-0.2, 0) is 0 Å². The van der Waals surface area contributed by atoms with Crippen molar-refractivity contribution in [2.75, 3.05) is 26.2 Å². The third-order valence-electron chi connectivity index (χ3n) is 0.721. The number of nitrogens with two attached hydrogens (primary N) is 1. The second-order valence-corrected chi connectivity index (χ2v) is 1.42. The summed E-state index contributed by atoms with van der Waals surface area (Å²) in [6.07, 6.45) is 0. The zero-order valence-corrected chi connectivity index (χ0v) is 4.85. The lowest BCUT2D eigenvalue weighted by Crippen LogP contribution is -2.24. The third kappa shape index (κ3) is 5.52. The largest absolute Gasteiger partial charge is 0.329 e. The number of nitrogens with zero attached hydrogens (tertiary/aromatic N) is 1. The minimum atomic E-state index is 0.556. The lowest BCUT2D eigenvalue weighted by molar-refractivity contribution is 0.680. The molecule has 0 aliphatic rings. The minimum absolute atomic E-state index is 0.556. The molecule has 0 aliphatic carbocycles. The first-order valence-corrected chi connectivity index (χ1v) is 2.66. The first kappa shape index (κ1) is 7.52. The normalized spacial score (nSPS) is 9.12. The van der Waals surface area contributed by atoms with Crippen LogP contribution in [0.3, 0.4) is 0 Å². The molecule has 0 rings (SSSR count). The Bertz CT molecular complexity index is 54.0. The van der Waals surface area contributed by atoms with Gasteiger partial charge in [0.25, 0.3) is 0 Å². The Balaban J connectivity index is 2.62. The van der Waals surface area contributed by atoms with Crippen molar-refractivity contribution in [1.29, 1.82) is 5.53 Å². The number of hydrogen-bond donors (Lipinski definition) is 3. The van der Waals surface area contributed by atoms with E-state index in [9.17, 15) is 0 Å². The van der Waals surface area contributed by atoms with E-state index in [1.165, 1.54) is 0 Å². The first-order chi connectivity index (χ1) is 3.91. The maximum atomic E-state index is 6.39. The summed E-state index contributed by atoms with van der Waals surface area (Å²) in [5.74, 6) is 0. The predicted molar refractivity (Wildman–Crippen MR) is 31.9 cm³/mol. The van der Waals surface area contributed by atoms with E-state index < -0.39 is 0 Å². The summed E-state index contributed by atoms with van der Waals surface area (Å²) < 4.78 is 0. The lowest BCUT2D eigenvalue weighted by Gasteiger charge is -1.95. The van der Waals surface area contributed by atoms with Crippen LogP contribution in [0.15, 0.2) is 5.11 Å². The number of rotatable bonds is 5. The van der Waals surface area contributed by atoms with E-state index in [0.29, 0.717) is 13.1 Å². The summed E-state index contributed by atoms with van der Waals surface area (Å²) in [7, 11) is 0. The van der Waals surface area contributed by atoms with Crippen LogP contribution >= 0.6 is 0 Å². The molecule has 0 radical (unpaired) electrons. The van der Waals surface area contributed by atoms with Crippen molar-refractivity contribution in [3.05, 3.63) is 0 Å². The molecule has 0 aromatic carbocycles. The molecule has 0 saturated carbocycles. The van der Waals surface area contributed by atoms with Crippen LogP contribution in [0.25, 0.3) is 0 Å². The van der Waals surface area contributed by atoms with Gasteiger partial charge in [-0.15, -0.1) is 0 Å². The van der Waals surface area contributed by atoms with Crippen molar-refractivity contribution in [2.24, 2.45) is 10.8 Å². The maximum absolute atomic E-state index is 6.39. The van der Waals surface area contributed by atoms with Gasteiger partial charge >= 0.3 is 0 Å². The molecule has 48 valence electrons. The molecule has 4 heteroatoms. The second-order valence-electron chi connectivity index (χ2n) is 1.42. The molecule has 0 spiro atoms. The highest BCUT2D eigenvalue weighted by Crippen LogP contribution is 1.61. The standard InChI is InChI=1S/C4H12N4/c5-1-2-7-3-4-8-6/h6-7H,1-5H2. The maximum Gasteiger partial charge on any atom is 0.0721 e. The monoisotopic (exact) mass is 116 g/mol. The average molecular weight is 116 g/mol. The van der Waals surface area contributed by atoms with E-state index in [4.69, 9.17) is 11.3 Å². The number of hydrogen-bond acceptors (Lipinski definition) is 4. The molecular formula is C4H12N4. The lowest BCUT2D eigenvalue weighted by atomic mass is 10.6. The van der Waals surface area contributed by atoms with Gasteiger partial charge in [0, 0.05) is 19.6 Å². The molecule has 0 amide bonds. The first-order valence-electron chi connectivity index (χ1n) is 2.66. The zero-order valence-electron chi connectivity index (χ0n) is 4.85. The van der Waals surface area contributed by atoms with E-state index in [2.05, 4.69) is 10.4 Å².